The second-order valence-electron chi connectivity index (χ2n) is 6.48. The molecule has 3 aromatic rings. The van der Waals surface area contributed by atoms with Crippen molar-refractivity contribution in [1.82, 2.24) is 5.43 Å². The van der Waals surface area contributed by atoms with Crippen LogP contribution >= 0.6 is 0 Å². The molecule has 0 unspecified atom stereocenters. The Kier molecular flexibility index (Phi) is 4.12. The molecule has 27 heavy (non-hydrogen) atoms. The number of nitrogens with zero attached hydrogens (tertiary/aromatic N) is 1. The number of aryl methyl sites for hydroxylation is 2. The Balaban J connectivity index is 1.62. The molecule has 1 aliphatic rings. The van der Waals surface area contributed by atoms with Gasteiger partial charge < -0.3 is 4.42 Å². The quantitative estimate of drug-likeness (QED) is 0.568. The average molecular weight is 358 g/mol. The van der Waals surface area contributed by atoms with Gasteiger partial charge in [-0.15, -0.1) is 0 Å². The molecule has 0 saturated carbocycles. The largest absolute Gasteiger partial charge is 0.457 e. The molecule has 0 spiro atoms. The third-order valence-electron chi connectivity index (χ3n) is 4.61. The summed E-state index contributed by atoms with van der Waals surface area (Å²) < 4.78 is 5.78. The Morgan fingerprint density at radius 3 is 2.44 bits per heavy atom. The molecule has 5 heteroatoms. The van der Waals surface area contributed by atoms with E-state index in [2.05, 4.69) is 5.43 Å². The van der Waals surface area contributed by atoms with E-state index in [0.29, 0.717) is 17.2 Å². The molecular weight excluding hydrogens is 340 g/mol. The molecule has 5 nitrogen and oxygen atoms in total. The first-order valence-electron chi connectivity index (χ1n) is 8.62. The van der Waals surface area contributed by atoms with Crippen LogP contribution in [-0.2, 0) is 9.59 Å². The molecule has 1 fully saturated rings. The molecule has 2 heterocycles. The minimum Gasteiger partial charge on any atom is -0.457 e. The van der Waals surface area contributed by atoms with Crippen LogP contribution in [0.1, 0.15) is 16.9 Å². The van der Waals surface area contributed by atoms with Crippen molar-refractivity contribution in [2.75, 3.05) is 5.01 Å². The monoisotopic (exact) mass is 358 g/mol. The number of rotatable bonds is 3. The van der Waals surface area contributed by atoms with Crippen LogP contribution in [0.15, 0.2) is 70.7 Å². The van der Waals surface area contributed by atoms with Crippen molar-refractivity contribution in [3.8, 4) is 11.3 Å². The third kappa shape index (κ3) is 3.15. The summed E-state index contributed by atoms with van der Waals surface area (Å²) in [7, 11) is 0. The van der Waals surface area contributed by atoms with E-state index in [1.54, 1.807) is 6.07 Å². The number of hydrogen-bond donors (Lipinski definition) is 1. The van der Waals surface area contributed by atoms with Gasteiger partial charge in [0.05, 0.1) is 5.69 Å². The van der Waals surface area contributed by atoms with Gasteiger partial charge in [-0.1, -0.05) is 36.4 Å². The van der Waals surface area contributed by atoms with Gasteiger partial charge in [-0.3, -0.25) is 15.0 Å². The van der Waals surface area contributed by atoms with Gasteiger partial charge in [-0.25, -0.2) is 5.01 Å². The minimum atomic E-state index is -0.448. The number of benzene rings is 2. The molecule has 2 amide bonds. The highest BCUT2D eigenvalue weighted by molar-refractivity contribution is 6.31. The van der Waals surface area contributed by atoms with Crippen molar-refractivity contribution in [3.05, 3.63) is 83.1 Å². The van der Waals surface area contributed by atoms with E-state index in [9.17, 15) is 9.59 Å². The van der Waals surface area contributed by atoms with Crippen LogP contribution in [-0.4, -0.2) is 11.8 Å². The zero-order chi connectivity index (χ0) is 19.0. The number of carbonyl (C=O) groups excluding carboxylic acids is 2. The van der Waals surface area contributed by atoms with Crippen molar-refractivity contribution in [2.24, 2.45) is 0 Å². The van der Waals surface area contributed by atoms with E-state index in [-0.39, 0.29) is 5.57 Å². The van der Waals surface area contributed by atoms with E-state index < -0.39 is 11.8 Å². The fraction of sp³-hybridized carbons (Fsp3) is 0.0909. The molecule has 4 rings (SSSR count). The molecule has 2 aromatic carbocycles. The van der Waals surface area contributed by atoms with E-state index in [4.69, 9.17) is 4.42 Å². The number of amides is 2. The Morgan fingerprint density at radius 2 is 1.70 bits per heavy atom. The van der Waals surface area contributed by atoms with Crippen molar-refractivity contribution >= 4 is 23.6 Å². The topological polar surface area (TPSA) is 62.6 Å². The van der Waals surface area contributed by atoms with Gasteiger partial charge in [0, 0.05) is 5.56 Å². The van der Waals surface area contributed by atoms with Crippen LogP contribution in [0, 0.1) is 13.8 Å². The van der Waals surface area contributed by atoms with Gasteiger partial charge in [-0.2, -0.15) is 0 Å². The summed E-state index contributed by atoms with van der Waals surface area (Å²) in [6, 6.07) is 18.8. The summed E-state index contributed by atoms with van der Waals surface area (Å²) in [6.45, 7) is 3.96. The molecular formula is C22H18N2O3. The second kappa shape index (κ2) is 6.61. The molecule has 134 valence electrons. The number of hydrogen-bond acceptors (Lipinski definition) is 3. The van der Waals surface area contributed by atoms with Gasteiger partial charge in [0.1, 0.15) is 17.1 Å². The highest BCUT2D eigenvalue weighted by atomic mass is 16.3. The zero-order valence-electron chi connectivity index (χ0n) is 15.0. The van der Waals surface area contributed by atoms with Crippen molar-refractivity contribution in [1.29, 1.82) is 0 Å². The maximum absolute atomic E-state index is 12.7. The lowest BCUT2D eigenvalue weighted by Crippen LogP contribution is -2.35. The number of furan rings is 1. The maximum atomic E-state index is 12.7. The summed E-state index contributed by atoms with van der Waals surface area (Å²) in [5, 5.41) is 1.27. The van der Waals surface area contributed by atoms with Crippen LogP contribution in [0.5, 0.6) is 0 Å². The van der Waals surface area contributed by atoms with E-state index >= 15 is 0 Å². The number of anilines is 1. The summed E-state index contributed by atoms with van der Waals surface area (Å²) in [4.78, 5) is 25.0. The summed E-state index contributed by atoms with van der Waals surface area (Å²) >= 11 is 0. The van der Waals surface area contributed by atoms with Crippen LogP contribution in [0.3, 0.4) is 0 Å². The highest BCUT2D eigenvalue weighted by Gasteiger charge is 2.34. The number of carbonyl (C=O) groups is 2. The molecule has 1 aliphatic heterocycles. The standard InChI is InChI=1S/C22H18N2O3/c1-14-8-9-17(12-15(14)2)24-22(26)19(21(25)23-24)13-18-10-11-20(27-18)16-6-4-3-5-7-16/h3-13H,1-2H3,(H,23,25)/b19-13-. The first kappa shape index (κ1) is 16.8. The fourth-order valence-electron chi connectivity index (χ4n) is 2.93. The second-order valence-corrected chi connectivity index (χ2v) is 6.48. The molecule has 1 aromatic heterocycles. The van der Waals surface area contributed by atoms with Crippen molar-refractivity contribution in [3.63, 3.8) is 0 Å². The SMILES string of the molecule is Cc1ccc(N2NC(=O)/C(=C/c3ccc(-c4ccccc4)o3)C2=O)cc1C. The molecule has 0 radical (unpaired) electrons. The van der Waals surface area contributed by atoms with Gasteiger partial charge in [0.15, 0.2) is 0 Å². The lowest BCUT2D eigenvalue weighted by molar-refractivity contribution is -0.117. The first-order chi connectivity index (χ1) is 13.0. The van der Waals surface area contributed by atoms with E-state index in [1.165, 1.54) is 11.1 Å². The summed E-state index contributed by atoms with van der Waals surface area (Å²) in [6.07, 6.45) is 1.48. The van der Waals surface area contributed by atoms with Crippen LogP contribution in [0.25, 0.3) is 17.4 Å². The number of hydrazine groups is 1. The first-order valence-corrected chi connectivity index (χ1v) is 8.62. The molecule has 0 atom stereocenters. The normalized spacial score (nSPS) is 15.5. The van der Waals surface area contributed by atoms with Gasteiger partial charge in [-0.05, 0) is 55.3 Å². The molecule has 1 saturated heterocycles. The van der Waals surface area contributed by atoms with Crippen LogP contribution < -0.4 is 10.4 Å². The van der Waals surface area contributed by atoms with E-state index in [1.807, 2.05) is 68.4 Å². The molecule has 0 bridgehead atoms. The molecule has 1 N–H and O–H groups in total. The fourth-order valence-corrected chi connectivity index (χ4v) is 2.93. The Hall–Kier alpha value is -3.60. The van der Waals surface area contributed by atoms with Crippen LogP contribution in [0.4, 0.5) is 5.69 Å². The maximum Gasteiger partial charge on any atom is 0.282 e. The Morgan fingerprint density at radius 1 is 0.926 bits per heavy atom. The predicted octanol–water partition coefficient (Wildman–Crippen LogP) is 4.02. The van der Waals surface area contributed by atoms with Gasteiger partial charge in [0.2, 0.25) is 0 Å². The lowest BCUT2D eigenvalue weighted by atomic mass is 10.1. The Bertz CT molecular complexity index is 1060. The van der Waals surface area contributed by atoms with Gasteiger partial charge in [0.25, 0.3) is 11.8 Å². The van der Waals surface area contributed by atoms with Crippen molar-refractivity contribution < 1.29 is 14.0 Å². The highest BCUT2D eigenvalue weighted by Crippen LogP contribution is 2.26. The summed E-state index contributed by atoms with van der Waals surface area (Å²) in [5.74, 6) is 0.283. The van der Waals surface area contributed by atoms with E-state index in [0.717, 1.165) is 16.7 Å². The van der Waals surface area contributed by atoms with Gasteiger partial charge >= 0.3 is 0 Å². The number of nitrogens with one attached hydrogen (secondary N) is 1. The Labute approximate surface area is 156 Å². The zero-order valence-corrected chi connectivity index (χ0v) is 15.0. The summed E-state index contributed by atoms with van der Waals surface area (Å²) in [5.41, 5.74) is 6.38. The molecule has 0 aliphatic carbocycles. The predicted molar refractivity (Wildman–Crippen MR) is 104 cm³/mol. The smallest absolute Gasteiger partial charge is 0.282 e. The third-order valence-corrected chi connectivity index (χ3v) is 4.61. The minimum absolute atomic E-state index is 0.0437. The lowest BCUT2D eigenvalue weighted by Gasteiger charge is -2.15. The average Bonchev–Trinajstić information content (AvgIpc) is 3.25. The van der Waals surface area contributed by atoms with Crippen LogP contribution in [0.2, 0.25) is 0 Å². The van der Waals surface area contributed by atoms with Crippen molar-refractivity contribution in [2.45, 2.75) is 13.8 Å².